The highest BCUT2D eigenvalue weighted by Gasteiger charge is 2.20. The summed E-state index contributed by atoms with van der Waals surface area (Å²) in [6, 6.07) is 21.4. The van der Waals surface area contributed by atoms with Gasteiger partial charge in [0.1, 0.15) is 18.1 Å². The van der Waals surface area contributed by atoms with Crippen LogP contribution in [0.2, 0.25) is 0 Å². The van der Waals surface area contributed by atoms with Gasteiger partial charge < -0.3 is 19.0 Å². The van der Waals surface area contributed by atoms with Gasteiger partial charge in [0, 0.05) is 32.4 Å². The molecule has 5 heteroatoms. The molecule has 1 amide bonds. The third-order valence-electron chi connectivity index (χ3n) is 5.19. The molecule has 0 radical (unpaired) electrons. The number of amides is 1. The van der Waals surface area contributed by atoms with E-state index in [1.807, 2.05) is 43.4 Å². The fourth-order valence-electron chi connectivity index (χ4n) is 3.67. The SMILES string of the molecule is CN(Cc1ccccc1N1CCCC1)C(=O)c1ccc(COc2ccccc2)o1. The minimum atomic E-state index is -0.132. The van der Waals surface area contributed by atoms with E-state index in [1.165, 1.54) is 18.5 Å². The van der Waals surface area contributed by atoms with Crippen LogP contribution in [-0.4, -0.2) is 30.9 Å². The van der Waals surface area contributed by atoms with Gasteiger partial charge in [-0.25, -0.2) is 0 Å². The fourth-order valence-corrected chi connectivity index (χ4v) is 3.67. The summed E-state index contributed by atoms with van der Waals surface area (Å²) in [7, 11) is 1.81. The van der Waals surface area contributed by atoms with E-state index in [0.29, 0.717) is 24.7 Å². The number of benzene rings is 2. The van der Waals surface area contributed by atoms with E-state index < -0.39 is 0 Å². The first-order chi connectivity index (χ1) is 14.2. The molecule has 1 aromatic heterocycles. The molecule has 150 valence electrons. The summed E-state index contributed by atoms with van der Waals surface area (Å²) in [6.07, 6.45) is 2.45. The van der Waals surface area contributed by atoms with Gasteiger partial charge in [-0.3, -0.25) is 4.79 Å². The Kier molecular flexibility index (Phi) is 5.84. The average Bonchev–Trinajstić information content (AvgIpc) is 3.45. The molecular weight excluding hydrogens is 364 g/mol. The summed E-state index contributed by atoms with van der Waals surface area (Å²) >= 11 is 0. The van der Waals surface area contributed by atoms with E-state index in [0.717, 1.165) is 24.4 Å². The molecule has 1 fully saturated rings. The minimum absolute atomic E-state index is 0.132. The third-order valence-corrected chi connectivity index (χ3v) is 5.19. The number of nitrogens with zero attached hydrogens (tertiary/aromatic N) is 2. The third kappa shape index (κ3) is 4.62. The van der Waals surface area contributed by atoms with Crippen LogP contribution in [0.1, 0.15) is 34.7 Å². The van der Waals surface area contributed by atoms with Crippen LogP contribution in [-0.2, 0) is 13.2 Å². The monoisotopic (exact) mass is 390 g/mol. The largest absolute Gasteiger partial charge is 0.486 e. The Hall–Kier alpha value is -3.21. The van der Waals surface area contributed by atoms with E-state index in [9.17, 15) is 4.79 Å². The Morgan fingerprint density at radius 1 is 1.00 bits per heavy atom. The molecule has 0 bridgehead atoms. The molecular formula is C24H26N2O3. The normalized spacial score (nSPS) is 13.5. The first kappa shape index (κ1) is 19.1. The summed E-state index contributed by atoms with van der Waals surface area (Å²) in [5, 5.41) is 0. The van der Waals surface area contributed by atoms with Crippen molar-refractivity contribution in [2.24, 2.45) is 0 Å². The van der Waals surface area contributed by atoms with Gasteiger partial charge in [0.05, 0.1) is 0 Å². The highest BCUT2D eigenvalue weighted by atomic mass is 16.5. The van der Waals surface area contributed by atoms with E-state index in [4.69, 9.17) is 9.15 Å². The predicted molar refractivity (Wildman–Crippen MR) is 113 cm³/mol. The summed E-state index contributed by atoms with van der Waals surface area (Å²) in [5.41, 5.74) is 2.38. The van der Waals surface area contributed by atoms with Gasteiger partial charge in [-0.15, -0.1) is 0 Å². The van der Waals surface area contributed by atoms with Crippen LogP contribution in [0, 0.1) is 0 Å². The van der Waals surface area contributed by atoms with Crippen molar-refractivity contribution in [3.05, 3.63) is 83.8 Å². The van der Waals surface area contributed by atoms with Crippen LogP contribution in [0.4, 0.5) is 5.69 Å². The molecule has 1 aliphatic rings. The highest BCUT2D eigenvalue weighted by molar-refractivity contribution is 5.91. The molecule has 3 aromatic rings. The fraction of sp³-hybridized carbons (Fsp3) is 0.292. The van der Waals surface area contributed by atoms with Gasteiger partial charge in [-0.1, -0.05) is 36.4 Å². The van der Waals surface area contributed by atoms with E-state index >= 15 is 0 Å². The van der Waals surface area contributed by atoms with Crippen LogP contribution < -0.4 is 9.64 Å². The zero-order valence-corrected chi connectivity index (χ0v) is 16.7. The first-order valence-corrected chi connectivity index (χ1v) is 10.1. The van der Waals surface area contributed by atoms with Gasteiger partial charge in [-0.2, -0.15) is 0 Å². The smallest absolute Gasteiger partial charge is 0.289 e. The summed E-state index contributed by atoms with van der Waals surface area (Å²) in [5.74, 6) is 1.60. The van der Waals surface area contributed by atoms with Crippen LogP contribution in [0.3, 0.4) is 0 Å². The second-order valence-corrected chi connectivity index (χ2v) is 7.35. The molecule has 1 saturated heterocycles. The lowest BCUT2D eigenvalue weighted by Gasteiger charge is -2.24. The van der Waals surface area contributed by atoms with Crippen molar-refractivity contribution < 1.29 is 13.9 Å². The molecule has 0 atom stereocenters. The maximum Gasteiger partial charge on any atom is 0.289 e. The summed E-state index contributed by atoms with van der Waals surface area (Å²) in [6.45, 7) is 3.00. The van der Waals surface area contributed by atoms with Crippen molar-refractivity contribution in [3.8, 4) is 5.75 Å². The minimum Gasteiger partial charge on any atom is -0.486 e. The molecule has 2 heterocycles. The Labute approximate surface area is 171 Å². The zero-order valence-electron chi connectivity index (χ0n) is 16.7. The van der Waals surface area contributed by atoms with Crippen LogP contribution in [0.25, 0.3) is 0 Å². The number of rotatable bonds is 7. The zero-order chi connectivity index (χ0) is 20.1. The van der Waals surface area contributed by atoms with Crippen molar-refractivity contribution in [2.75, 3.05) is 25.0 Å². The van der Waals surface area contributed by atoms with Gasteiger partial charge in [0.25, 0.3) is 5.91 Å². The number of carbonyl (C=O) groups is 1. The predicted octanol–water partition coefficient (Wildman–Crippen LogP) is 4.73. The Bertz CT molecular complexity index is 946. The van der Waals surface area contributed by atoms with E-state index in [1.54, 1.807) is 17.0 Å². The number of para-hydroxylation sites is 2. The van der Waals surface area contributed by atoms with Crippen LogP contribution >= 0.6 is 0 Å². The van der Waals surface area contributed by atoms with E-state index in [-0.39, 0.29) is 5.91 Å². The van der Waals surface area contributed by atoms with Crippen molar-refractivity contribution in [1.82, 2.24) is 4.90 Å². The van der Waals surface area contributed by atoms with Crippen molar-refractivity contribution in [3.63, 3.8) is 0 Å². The van der Waals surface area contributed by atoms with Crippen molar-refractivity contribution >= 4 is 11.6 Å². The molecule has 2 aromatic carbocycles. The number of ether oxygens (including phenoxy) is 1. The summed E-state index contributed by atoms with van der Waals surface area (Å²) < 4.78 is 11.4. The lowest BCUT2D eigenvalue weighted by molar-refractivity contribution is 0.0749. The Morgan fingerprint density at radius 3 is 2.52 bits per heavy atom. The Morgan fingerprint density at radius 2 is 1.72 bits per heavy atom. The molecule has 0 aliphatic carbocycles. The number of anilines is 1. The number of carbonyl (C=O) groups excluding carboxylic acids is 1. The lowest BCUT2D eigenvalue weighted by atomic mass is 10.1. The van der Waals surface area contributed by atoms with Crippen LogP contribution in [0.15, 0.2) is 71.1 Å². The van der Waals surface area contributed by atoms with Crippen molar-refractivity contribution in [2.45, 2.75) is 26.0 Å². The lowest BCUT2D eigenvalue weighted by Crippen LogP contribution is -2.27. The molecule has 0 saturated carbocycles. The van der Waals surface area contributed by atoms with E-state index in [2.05, 4.69) is 23.1 Å². The van der Waals surface area contributed by atoms with Gasteiger partial charge in [-0.05, 0) is 48.7 Å². The quantitative estimate of drug-likeness (QED) is 0.585. The standard InChI is InChI=1S/C24H26N2O3/c1-25(17-19-9-5-6-12-22(19)26-15-7-8-16-26)24(27)23-14-13-21(29-23)18-28-20-10-3-2-4-11-20/h2-6,9-14H,7-8,15-18H2,1H3. The highest BCUT2D eigenvalue weighted by Crippen LogP contribution is 2.26. The second-order valence-electron chi connectivity index (χ2n) is 7.35. The maximum absolute atomic E-state index is 12.8. The molecule has 0 unspecified atom stereocenters. The molecule has 4 rings (SSSR count). The number of furan rings is 1. The van der Waals surface area contributed by atoms with Gasteiger partial charge >= 0.3 is 0 Å². The number of hydrogen-bond acceptors (Lipinski definition) is 4. The summed E-state index contributed by atoms with van der Waals surface area (Å²) in [4.78, 5) is 17.0. The molecule has 0 N–H and O–H groups in total. The number of hydrogen-bond donors (Lipinski definition) is 0. The Balaban J connectivity index is 1.39. The van der Waals surface area contributed by atoms with Crippen molar-refractivity contribution in [1.29, 1.82) is 0 Å². The van der Waals surface area contributed by atoms with Gasteiger partial charge in [0.2, 0.25) is 0 Å². The molecule has 1 aliphatic heterocycles. The molecule has 0 spiro atoms. The second kappa shape index (κ2) is 8.86. The first-order valence-electron chi connectivity index (χ1n) is 10.1. The van der Waals surface area contributed by atoms with Gasteiger partial charge in [0.15, 0.2) is 5.76 Å². The van der Waals surface area contributed by atoms with Crippen LogP contribution in [0.5, 0.6) is 5.75 Å². The topological polar surface area (TPSA) is 45.9 Å². The maximum atomic E-state index is 12.8. The average molecular weight is 390 g/mol. The molecule has 5 nitrogen and oxygen atoms in total. The molecule has 29 heavy (non-hydrogen) atoms.